The van der Waals surface area contributed by atoms with Gasteiger partial charge in [0.2, 0.25) is 0 Å². The van der Waals surface area contributed by atoms with E-state index >= 15 is 0 Å². The summed E-state index contributed by atoms with van der Waals surface area (Å²) in [4.78, 5) is 23.4. The van der Waals surface area contributed by atoms with Crippen LogP contribution in [0.3, 0.4) is 0 Å². The van der Waals surface area contributed by atoms with Gasteiger partial charge in [0, 0.05) is 0 Å². The van der Waals surface area contributed by atoms with Crippen LogP contribution >= 0.6 is 0 Å². The maximum absolute atomic E-state index is 12.1. The molecule has 1 heterocycles. The number of hydrogen-bond acceptors (Lipinski definition) is 3. The fourth-order valence-electron chi connectivity index (χ4n) is 1.90. The van der Waals surface area contributed by atoms with Crippen LogP contribution in [0.15, 0.2) is 47.3 Å². The molecule has 0 spiro atoms. The molecule has 0 saturated carbocycles. The Morgan fingerprint density at radius 3 is 2.47 bits per heavy atom. The smallest absolute Gasteiger partial charge is 0.269 e. The lowest BCUT2D eigenvalue weighted by Gasteiger charge is -2.11. The molecule has 2 rings (SSSR count). The van der Waals surface area contributed by atoms with Crippen molar-refractivity contribution in [1.29, 1.82) is 5.26 Å². The lowest BCUT2D eigenvalue weighted by molar-refractivity contribution is -0.117. The normalized spacial score (nSPS) is 9.89. The second kappa shape index (κ2) is 5.32. The molecule has 2 aromatic rings. The van der Waals surface area contributed by atoms with E-state index in [1.807, 2.05) is 36.4 Å². The molecule has 0 bridgehead atoms. The second-order valence-corrected chi connectivity index (χ2v) is 4.20. The third-order valence-electron chi connectivity index (χ3n) is 2.75. The average molecular weight is 252 g/mol. The van der Waals surface area contributed by atoms with Gasteiger partial charge in [-0.25, -0.2) is 0 Å². The van der Waals surface area contributed by atoms with Gasteiger partial charge in [0.1, 0.15) is 17.4 Å². The lowest BCUT2D eigenvalue weighted by Crippen LogP contribution is -2.26. The maximum Gasteiger partial charge on any atom is 0.269 e. The molecular formula is C15H12N2O2. The first-order valence-electron chi connectivity index (χ1n) is 5.82. The fourth-order valence-corrected chi connectivity index (χ4v) is 1.90. The third-order valence-corrected chi connectivity index (χ3v) is 2.75. The van der Waals surface area contributed by atoms with Crippen molar-refractivity contribution >= 4 is 5.78 Å². The van der Waals surface area contributed by atoms with Gasteiger partial charge in [-0.05, 0) is 24.6 Å². The van der Waals surface area contributed by atoms with Crippen LogP contribution in [0.1, 0.15) is 12.5 Å². The summed E-state index contributed by atoms with van der Waals surface area (Å²) in [7, 11) is 0. The highest BCUT2D eigenvalue weighted by molar-refractivity contribution is 5.76. The molecule has 4 nitrogen and oxygen atoms in total. The number of nitrogens with zero attached hydrogens (tertiary/aromatic N) is 2. The van der Waals surface area contributed by atoms with Crippen LogP contribution in [-0.4, -0.2) is 10.4 Å². The summed E-state index contributed by atoms with van der Waals surface area (Å²) in [6.07, 6.45) is 0. The Hall–Kier alpha value is -2.67. The number of aromatic nitrogens is 1. The summed E-state index contributed by atoms with van der Waals surface area (Å²) >= 11 is 0. The van der Waals surface area contributed by atoms with Gasteiger partial charge in [-0.1, -0.05) is 30.3 Å². The predicted molar refractivity (Wildman–Crippen MR) is 71.5 cm³/mol. The Bertz CT molecular complexity index is 709. The van der Waals surface area contributed by atoms with Crippen molar-refractivity contribution in [3.63, 3.8) is 0 Å². The number of ketones is 1. The predicted octanol–water partition coefficient (Wildman–Crippen LogP) is 1.98. The molecule has 1 aromatic heterocycles. The molecule has 0 aliphatic carbocycles. The van der Waals surface area contributed by atoms with Gasteiger partial charge in [0.15, 0.2) is 0 Å². The molecule has 0 aliphatic rings. The van der Waals surface area contributed by atoms with Gasteiger partial charge in [-0.3, -0.25) is 14.2 Å². The minimum absolute atomic E-state index is 0.0292. The van der Waals surface area contributed by atoms with E-state index in [-0.39, 0.29) is 17.9 Å². The first-order chi connectivity index (χ1) is 9.13. The number of carbonyl (C=O) groups is 1. The lowest BCUT2D eigenvalue weighted by atomic mass is 10.1. The number of Topliss-reactive ketones (excluding diaryl/α,β-unsaturated/α-hetero) is 1. The number of benzene rings is 1. The van der Waals surface area contributed by atoms with E-state index in [0.29, 0.717) is 5.69 Å². The first kappa shape index (κ1) is 12.8. The van der Waals surface area contributed by atoms with Crippen molar-refractivity contribution in [3.8, 4) is 17.3 Å². The molecule has 0 fully saturated rings. The number of rotatable bonds is 3. The highest BCUT2D eigenvalue weighted by Crippen LogP contribution is 2.17. The zero-order valence-corrected chi connectivity index (χ0v) is 10.5. The van der Waals surface area contributed by atoms with Crippen LogP contribution in [0, 0.1) is 11.3 Å². The van der Waals surface area contributed by atoms with Crippen LogP contribution in [0.25, 0.3) is 11.3 Å². The van der Waals surface area contributed by atoms with Gasteiger partial charge in [-0.15, -0.1) is 0 Å². The van der Waals surface area contributed by atoms with Crippen molar-refractivity contribution in [3.05, 3.63) is 58.4 Å². The van der Waals surface area contributed by atoms with E-state index in [4.69, 9.17) is 5.26 Å². The van der Waals surface area contributed by atoms with Gasteiger partial charge < -0.3 is 0 Å². The van der Waals surface area contributed by atoms with Gasteiger partial charge >= 0.3 is 0 Å². The highest BCUT2D eigenvalue weighted by atomic mass is 16.1. The fraction of sp³-hybridized carbons (Fsp3) is 0.133. The van der Waals surface area contributed by atoms with E-state index in [1.165, 1.54) is 17.6 Å². The molecule has 0 saturated heterocycles. The van der Waals surface area contributed by atoms with Gasteiger partial charge in [0.05, 0.1) is 12.2 Å². The van der Waals surface area contributed by atoms with E-state index < -0.39 is 5.56 Å². The Morgan fingerprint density at radius 1 is 1.21 bits per heavy atom. The van der Waals surface area contributed by atoms with E-state index in [1.54, 1.807) is 6.07 Å². The summed E-state index contributed by atoms with van der Waals surface area (Å²) in [5.41, 5.74) is 1.09. The Kier molecular flexibility index (Phi) is 3.58. The monoisotopic (exact) mass is 252 g/mol. The van der Waals surface area contributed by atoms with Crippen molar-refractivity contribution < 1.29 is 4.79 Å². The zero-order chi connectivity index (χ0) is 13.8. The molecule has 0 N–H and O–H groups in total. The summed E-state index contributed by atoms with van der Waals surface area (Å²) in [5, 5.41) is 8.89. The molecule has 0 radical (unpaired) electrons. The third kappa shape index (κ3) is 2.61. The van der Waals surface area contributed by atoms with Crippen LogP contribution in [0.2, 0.25) is 0 Å². The summed E-state index contributed by atoms with van der Waals surface area (Å²) < 4.78 is 1.34. The molecule has 0 atom stereocenters. The molecule has 19 heavy (non-hydrogen) atoms. The van der Waals surface area contributed by atoms with Crippen molar-refractivity contribution in [2.75, 3.05) is 0 Å². The van der Waals surface area contributed by atoms with Gasteiger partial charge in [-0.2, -0.15) is 5.26 Å². The molecule has 0 amide bonds. The summed E-state index contributed by atoms with van der Waals surface area (Å²) in [5.74, 6) is -0.130. The van der Waals surface area contributed by atoms with Crippen LogP contribution in [0.5, 0.6) is 0 Å². The van der Waals surface area contributed by atoms with Gasteiger partial charge in [0.25, 0.3) is 5.56 Å². The topological polar surface area (TPSA) is 62.9 Å². The molecule has 4 heteroatoms. The van der Waals surface area contributed by atoms with Crippen LogP contribution < -0.4 is 5.56 Å². The molecule has 0 unspecified atom stereocenters. The Balaban J connectivity index is 2.68. The Labute approximate surface area is 110 Å². The first-order valence-corrected chi connectivity index (χ1v) is 5.82. The number of carbonyl (C=O) groups excluding carboxylic acids is 1. The minimum Gasteiger partial charge on any atom is -0.300 e. The van der Waals surface area contributed by atoms with E-state index in [9.17, 15) is 9.59 Å². The number of pyridine rings is 1. The standard InChI is InChI=1S/C15H12N2O2/c1-11(18)10-17-14(12-5-3-2-4-6-12)8-7-13(9-16)15(17)19/h2-8H,10H2,1H3. The van der Waals surface area contributed by atoms with Crippen LogP contribution in [0.4, 0.5) is 0 Å². The molecule has 94 valence electrons. The second-order valence-electron chi connectivity index (χ2n) is 4.20. The molecule has 0 aliphatic heterocycles. The zero-order valence-electron chi connectivity index (χ0n) is 10.5. The molecular weight excluding hydrogens is 240 g/mol. The highest BCUT2D eigenvalue weighted by Gasteiger charge is 2.11. The maximum atomic E-state index is 12.1. The van der Waals surface area contributed by atoms with Crippen molar-refractivity contribution in [2.45, 2.75) is 13.5 Å². The number of hydrogen-bond donors (Lipinski definition) is 0. The van der Waals surface area contributed by atoms with E-state index in [0.717, 1.165) is 5.56 Å². The van der Waals surface area contributed by atoms with Crippen molar-refractivity contribution in [1.82, 2.24) is 4.57 Å². The average Bonchev–Trinajstić information content (AvgIpc) is 2.41. The minimum atomic E-state index is -0.431. The molecule has 1 aromatic carbocycles. The summed E-state index contributed by atoms with van der Waals surface area (Å²) in [6.45, 7) is 1.39. The van der Waals surface area contributed by atoms with Crippen molar-refractivity contribution in [2.24, 2.45) is 0 Å². The van der Waals surface area contributed by atoms with Crippen LogP contribution in [-0.2, 0) is 11.3 Å². The SMILES string of the molecule is CC(=O)Cn1c(-c2ccccc2)ccc(C#N)c1=O. The number of nitriles is 1. The quantitative estimate of drug-likeness (QED) is 0.839. The largest absolute Gasteiger partial charge is 0.300 e. The Morgan fingerprint density at radius 2 is 1.89 bits per heavy atom. The van der Waals surface area contributed by atoms with E-state index in [2.05, 4.69) is 0 Å². The summed E-state index contributed by atoms with van der Waals surface area (Å²) in [6, 6.07) is 14.3.